The summed E-state index contributed by atoms with van der Waals surface area (Å²) >= 11 is 0. The van der Waals surface area contributed by atoms with Gasteiger partial charge >= 0.3 is 0 Å². The lowest BCUT2D eigenvalue weighted by atomic mass is 9.78. The maximum Gasteiger partial charge on any atom is 0.118 e. The molecule has 2 aromatic carbocycles. The first-order valence-corrected chi connectivity index (χ1v) is 7.81. The second-order valence-corrected chi connectivity index (χ2v) is 6.73. The lowest BCUT2D eigenvalue weighted by Gasteiger charge is -2.27. The molecule has 21 heavy (non-hydrogen) atoms. The number of hydrogen-bond acceptors (Lipinski definition) is 1. The molecule has 1 unspecified atom stereocenters. The molecule has 2 rings (SSSR count). The predicted molar refractivity (Wildman–Crippen MR) is 89.7 cm³/mol. The molecule has 1 heteroatoms. The summed E-state index contributed by atoms with van der Waals surface area (Å²) in [6.45, 7) is 6.90. The van der Waals surface area contributed by atoms with Gasteiger partial charge in [0.2, 0.25) is 0 Å². The van der Waals surface area contributed by atoms with Gasteiger partial charge in [-0.2, -0.15) is 0 Å². The molecule has 0 spiro atoms. The Balaban J connectivity index is 1.92. The molecule has 0 fully saturated rings. The molecule has 0 heterocycles. The summed E-state index contributed by atoms with van der Waals surface area (Å²) in [5.41, 5.74) is 2.66. The van der Waals surface area contributed by atoms with Crippen molar-refractivity contribution >= 4 is 0 Å². The number of para-hydroxylation sites is 1. The second kappa shape index (κ2) is 6.80. The molecule has 0 aliphatic rings. The number of hydrogen-bond donors (Lipinski definition) is 1. The molecule has 0 aliphatic carbocycles. The topological polar surface area (TPSA) is 20.2 Å². The molecule has 0 amide bonds. The monoisotopic (exact) mass is 282 g/mol. The molecule has 0 aromatic heterocycles. The van der Waals surface area contributed by atoms with Gasteiger partial charge in [0.1, 0.15) is 5.75 Å². The highest BCUT2D eigenvalue weighted by molar-refractivity contribution is 5.32. The Morgan fingerprint density at radius 2 is 1.57 bits per heavy atom. The van der Waals surface area contributed by atoms with Crippen molar-refractivity contribution in [3.8, 4) is 5.75 Å². The normalized spacial score (nSPS) is 13.1. The highest BCUT2D eigenvalue weighted by Crippen LogP contribution is 2.31. The Morgan fingerprint density at radius 3 is 2.24 bits per heavy atom. The average Bonchev–Trinajstić information content (AvgIpc) is 2.49. The molecule has 1 atom stereocenters. The summed E-state index contributed by atoms with van der Waals surface area (Å²) in [6.07, 6.45) is 3.26. The van der Waals surface area contributed by atoms with Crippen LogP contribution in [0.3, 0.4) is 0 Å². The van der Waals surface area contributed by atoms with Crippen LogP contribution in [-0.2, 0) is 11.8 Å². The lowest BCUT2D eigenvalue weighted by Crippen LogP contribution is -2.18. The van der Waals surface area contributed by atoms with E-state index in [4.69, 9.17) is 0 Å². The SMILES string of the molecule is CC(CCC(C)(C)c1ccccc1)Cc1ccccc1O. The summed E-state index contributed by atoms with van der Waals surface area (Å²) in [4.78, 5) is 0. The average molecular weight is 282 g/mol. The summed E-state index contributed by atoms with van der Waals surface area (Å²) in [5, 5.41) is 9.87. The number of rotatable bonds is 6. The van der Waals surface area contributed by atoms with E-state index in [0.29, 0.717) is 11.7 Å². The quantitative estimate of drug-likeness (QED) is 0.759. The smallest absolute Gasteiger partial charge is 0.118 e. The van der Waals surface area contributed by atoms with Crippen LogP contribution in [0.25, 0.3) is 0 Å². The van der Waals surface area contributed by atoms with Gasteiger partial charge in [0.25, 0.3) is 0 Å². The van der Waals surface area contributed by atoms with Crippen molar-refractivity contribution in [1.82, 2.24) is 0 Å². The molecule has 2 aromatic rings. The zero-order chi connectivity index (χ0) is 15.3. The molecule has 0 aliphatic heterocycles. The summed E-state index contributed by atoms with van der Waals surface area (Å²) < 4.78 is 0. The van der Waals surface area contributed by atoms with Crippen LogP contribution in [0.5, 0.6) is 5.75 Å². The molecule has 0 saturated heterocycles. The van der Waals surface area contributed by atoms with Gasteiger partial charge in [-0.3, -0.25) is 0 Å². The highest BCUT2D eigenvalue weighted by Gasteiger charge is 2.21. The Bertz CT molecular complexity index is 557. The maximum absolute atomic E-state index is 9.87. The fraction of sp³-hybridized carbons (Fsp3) is 0.400. The van der Waals surface area contributed by atoms with Crippen molar-refractivity contribution in [3.63, 3.8) is 0 Å². The molecule has 1 nitrogen and oxygen atoms in total. The van der Waals surface area contributed by atoms with E-state index in [1.54, 1.807) is 6.07 Å². The van der Waals surface area contributed by atoms with Crippen molar-refractivity contribution < 1.29 is 5.11 Å². The van der Waals surface area contributed by atoms with E-state index in [1.165, 1.54) is 5.56 Å². The zero-order valence-electron chi connectivity index (χ0n) is 13.3. The first-order valence-electron chi connectivity index (χ1n) is 7.81. The Labute approximate surface area is 128 Å². The number of phenolic OH excluding ortho intramolecular Hbond substituents is 1. The van der Waals surface area contributed by atoms with Crippen molar-refractivity contribution in [2.75, 3.05) is 0 Å². The first kappa shape index (κ1) is 15.6. The van der Waals surface area contributed by atoms with Crippen molar-refractivity contribution in [1.29, 1.82) is 0 Å². The van der Waals surface area contributed by atoms with Gasteiger partial charge in [-0.25, -0.2) is 0 Å². The van der Waals surface area contributed by atoms with Gasteiger partial charge in [-0.05, 0) is 47.8 Å². The van der Waals surface area contributed by atoms with E-state index in [1.807, 2.05) is 18.2 Å². The Morgan fingerprint density at radius 1 is 0.952 bits per heavy atom. The van der Waals surface area contributed by atoms with Crippen LogP contribution in [0.2, 0.25) is 0 Å². The van der Waals surface area contributed by atoms with Crippen molar-refractivity contribution in [2.24, 2.45) is 5.92 Å². The highest BCUT2D eigenvalue weighted by atomic mass is 16.3. The van der Waals surface area contributed by atoms with Crippen molar-refractivity contribution in [2.45, 2.75) is 45.4 Å². The number of aromatic hydroxyl groups is 1. The van der Waals surface area contributed by atoms with Crippen LogP contribution in [0.4, 0.5) is 0 Å². The molecule has 1 N–H and O–H groups in total. The third kappa shape index (κ3) is 4.35. The predicted octanol–water partition coefficient (Wildman–Crippen LogP) is 5.33. The minimum atomic E-state index is 0.203. The molecular weight excluding hydrogens is 256 g/mol. The Kier molecular flexibility index (Phi) is 5.06. The first-order chi connectivity index (χ1) is 9.99. The summed E-state index contributed by atoms with van der Waals surface area (Å²) in [6, 6.07) is 18.4. The Hall–Kier alpha value is -1.76. The van der Waals surface area contributed by atoms with E-state index in [-0.39, 0.29) is 5.41 Å². The van der Waals surface area contributed by atoms with Gasteiger partial charge in [0, 0.05) is 0 Å². The van der Waals surface area contributed by atoms with Crippen LogP contribution < -0.4 is 0 Å². The van der Waals surface area contributed by atoms with E-state index in [2.05, 4.69) is 51.1 Å². The van der Waals surface area contributed by atoms with E-state index in [9.17, 15) is 5.11 Å². The summed E-state index contributed by atoms with van der Waals surface area (Å²) in [5.74, 6) is 0.993. The molecule has 0 radical (unpaired) electrons. The van der Waals surface area contributed by atoms with Crippen molar-refractivity contribution in [3.05, 3.63) is 65.7 Å². The summed E-state index contributed by atoms with van der Waals surface area (Å²) in [7, 11) is 0. The van der Waals surface area contributed by atoms with E-state index >= 15 is 0 Å². The standard InChI is InChI=1S/C20H26O/c1-16(15-17-9-7-8-12-19(17)21)13-14-20(2,3)18-10-5-4-6-11-18/h4-12,16,21H,13-15H2,1-3H3. The molecule has 0 saturated carbocycles. The maximum atomic E-state index is 9.87. The fourth-order valence-corrected chi connectivity index (χ4v) is 2.80. The largest absolute Gasteiger partial charge is 0.508 e. The number of phenols is 1. The van der Waals surface area contributed by atoms with Crippen LogP contribution >= 0.6 is 0 Å². The lowest BCUT2D eigenvalue weighted by molar-refractivity contribution is 0.393. The minimum absolute atomic E-state index is 0.203. The second-order valence-electron chi connectivity index (χ2n) is 6.73. The van der Waals surface area contributed by atoms with Gasteiger partial charge in [0.15, 0.2) is 0 Å². The van der Waals surface area contributed by atoms with E-state index < -0.39 is 0 Å². The van der Waals surface area contributed by atoms with E-state index in [0.717, 1.165) is 24.8 Å². The van der Waals surface area contributed by atoms with Gasteiger partial charge in [0.05, 0.1) is 0 Å². The molecule has 0 bridgehead atoms. The van der Waals surface area contributed by atoms with Gasteiger partial charge in [-0.1, -0.05) is 69.3 Å². The fourth-order valence-electron chi connectivity index (χ4n) is 2.80. The van der Waals surface area contributed by atoms with Crippen LogP contribution in [0.1, 0.15) is 44.7 Å². The third-order valence-corrected chi connectivity index (χ3v) is 4.38. The van der Waals surface area contributed by atoms with Crippen LogP contribution in [0, 0.1) is 5.92 Å². The molecule has 112 valence electrons. The third-order valence-electron chi connectivity index (χ3n) is 4.38. The minimum Gasteiger partial charge on any atom is -0.508 e. The van der Waals surface area contributed by atoms with Gasteiger partial charge in [-0.15, -0.1) is 0 Å². The zero-order valence-corrected chi connectivity index (χ0v) is 13.3. The van der Waals surface area contributed by atoms with Gasteiger partial charge < -0.3 is 5.11 Å². The number of benzene rings is 2. The van der Waals surface area contributed by atoms with Crippen LogP contribution in [0.15, 0.2) is 54.6 Å². The van der Waals surface area contributed by atoms with Crippen LogP contribution in [-0.4, -0.2) is 5.11 Å². The molecular formula is C20H26O.